The first-order valence-electron chi connectivity index (χ1n) is 10.6. The van der Waals surface area contributed by atoms with E-state index in [4.69, 9.17) is 9.72 Å². The summed E-state index contributed by atoms with van der Waals surface area (Å²) in [4.78, 5) is 20.7. The fraction of sp³-hybridized carbons (Fsp3) is 0.231. The van der Waals surface area contributed by atoms with Crippen LogP contribution in [-0.2, 0) is 17.8 Å². The van der Waals surface area contributed by atoms with Crippen LogP contribution in [0.5, 0.6) is 0 Å². The lowest BCUT2D eigenvalue weighted by molar-refractivity contribution is -0.0379. The summed E-state index contributed by atoms with van der Waals surface area (Å²) in [5, 5.41) is 1.46. The van der Waals surface area contributed by atoms with Gasteiger partial charge in [0.15, 0.2) is 5.16 Å². The molecule has 0 saturated heterocycles. The van der Waals surface area contributed by atoms with E-state index in [2.05, 4.69) is 38.1 Å². The van der Waals surface area contributed by atoms with Crippen molar-refractivity contribution in [1.29, 1.82) is 0 Å². The molecule has 0 aliphatic carbocycles. The van der Waals surface area contributed by atoms with E-state index < -0.39 is 0 Å². The summed E-state index contributed by atoms with van der Waals surface area (Å²) in [5.41, 5.74) is 2.83. The lowest BCUT2D eigenvalue weighted by Crippen LogP contribution is -2.32. The van der Waals surface area contributed by atoms with Crippen molar-refractivity contribution in [2.45, 2.75) is 37.6 Å². The average Bonchev–Trinajstić information content (AvgIpc) is 3.15. The molecular formula is C26H24N2O2S2. The number of benzene rings is 2. The number of ether oxygens (including phenoxy) is 1. The molecule has 0 radical (unpaired) electrons. The van der Waals surface area contributed by atoms with Crippen molar-refractivity contribution in [2.75, 3.05) is 5.75 Å². The van der Waals surface area contributed by atoms with Gasteiger partial charge in [0.1, 0.15) is 4.83 Å². The van der Waals surface area contributed by atoms with Gasteiger partial charge in [0.05, 0.1) is 23.3 Å². The van der Waals surface area contributed by atoms with Gasteiger partial charge >= 0.3 is 0 Å². The molecule has 2 aromatic heterocycles. The lowest BCUT2D eigenvalue weighted by Gasteiger charge is -2.29. The first-order valence-corrected chi connectivity index (χ1v) is 12.4. The smallest absolute Gasteiger partial charge is 0.267 e. The summed E-state index contributed by atoms with van der Waals surface area (Å²) < 4.78 is 7.75. The second kappa shape index (κ2) is 8.70. The molecule has 0 bridgehead atoms. The quantitative estimate of drug-likeness (QED) is 0.266. The van der Waals surface area contributed by atoms with Crippen molar-refractivity contribution >= 4 is 39.4 Å². The van der Waals surface area contributed by atoms with Crippen LogP contribution >= 0.6 is 23.1 Å². The topological polar surface area (TPSA) is 44.1 Å². The van der Waals surface area contributed by atoms with Crippen LogP contribution in [0.15, 0.2) is 76.7 Å². The maximum absolute atomic E-state index is 13.8. The molecule has 0 N–H and O–H groups in total. The molecule has 3 heterocycles. The Morgan fingerprint density at radius 2 is 1.84 bits per heavy atom. The van der Waals surface area contributed by atoms with Crippen LogP contribution in [0, 0.1) is 0 Å². The van der Waals surface area contributed by atoms with E-state index in [0.717, 1.165) is 44.1 Å². The minimum Gasteiger partial charge on any atom is -0.370 e. The van der Waals surface area contributed by atoms with Crippen LogP contribution in [0.25, 0.3) is 22.0 Å². The third kappa shape index (κ3) is 4.18. The third-order valence-electron chi connectivity index (χ3n) is 5.51. The van der Waals surface area contributed by atoms with Crippen LogP contribution in [0.1, 0.15) is 29.9 Å². The predicted molar refractivity (Wildman–Crippen MR) is 134 cm³/mol. The molecule has 5 rings (SSSR count). The highest BCUT2D eigenvalue weighted by molar-refractivity contribution is 7.99. The van der Waals surface area contributed by atoms with Gasteiger partial charge in [0.2, 0.25) is 0 Å². The van der Waals surface area contributed by atoms with Gasteiger partial charge in [-0.25, -0.2) is 4.98 Å². The van der Waals surface area contributed by atoms with E-state index in [-0.39, 0.29) is 11.2 Å². The summed E-state index contributed by atoms with van der Waals surface area (Å²) in [6.07, 6.45) is 4.93. The number of hydrogen-bond donors (Lipinski definition) is 0. The Bertz CT molecular complexity index is 1340. The molecule has 32 heavy (non-hydrogen) atoms. The van der Waals surface area contributed by atoms with Gasteiger partial charge in [-0.2, -0.15) is 0 Å². The summed E-state index contributed by atoms with van der Waals surface area (Å²) >= 11 is 3.16. The highest BCUT2D eigenvalue weighted by Gasteiger charge is 2.31. The standard InChI is InChI=1S/C26H24N2O2S2/c1-26(2)16-20-21(17-30-26)32-23-22(20)24(29)28(19-13-7-4-8-14-19)25(27-23)31-15-9-12-18-10-5-3-6-11-18/h3-14H,15-17H2,1-2H3/b12-9+. The summed E-state index contributed by atoms with van der Waals surface area (Å²) in [7, 11) is 0. The second-order valence-electron chi connectivity index (χ2n) is 8.40. The number of thiophene rings is 1. The Labute approximate surface area is 195 Å². The van der Waals surface area contributed by atoms with Gasteiger partial charge in [0, 0.05) is 17.1 Å². The van der Waals surface area contributed by atoms with Crippen LogP contribution in [0.4, 0.5) is 0 Å². The van der Waals surface area contributed by atoms with Gasteiger partial charge in [-0.05, 0) is 37.1 Å². The van der Waals surface area contributed by atoms with Gasteiger partial charge in [-0.3, -0.25) is 9.36 Å². The van der Waals surface area contributed by atoms with Crippen LogP contribution in [-0.4, -0.2) is 20.9 Å². The van der Waals surface area contributed by atoms with E-state index in [1.807, 2.05) is 48.5 Å². The van der Waals surface area contributed by atoms with E-state index in [0.29, 0.717) is 11.8 Å². The molecule has 4 aromatic rings. The average molecular weight is 461 g/mol. The zero-order chi connectivity index (χ0) is 22.1. The number of fused-ring (bicyclic) bond motifs is 3. The van der Waals surface area contributed by atoms with E-state index >= 15 is 0 Å². The number of rotatable bonds is 5. The molecule has 4 nitrogen and oxygen atoms in total. The van der Waals surface area contributed by atoms with Crippen molar-refractivity contribution in [1.82, 2.24) is 9.55 Å². The Hall–Kier alpha value is -2.67. The molecule has 0 unspecified atom stereocenters. The summed E-state index contributed by atoms with van der Waals surface area (Å²) in [5.74, 6) is 0.723. The van der Waals surface area contributed by atoms with Crippen molar-refractivity contribution in [3.8, 4) is 5.69 Å². The Kier molecular flexibility index (Phi) is 5.76. The summed E-state index contributed by atoms with van der Waals surface area (Å²) in [6.45, 7) is 4.69. The Morgan fingerprint density at radius 3 is 2.59 bits per heavy atom. The predicted octanol–water partition coefficient (Wildman–Crippen LogP) is 6.10. The highest BCUT2D eigenvalue weighted by atomic mass is 32.2. The zero-order valence-electron chi connectivity index (χ0n) is 18.1. The van der Waals surface area contributed by atoms with Crippen molar-refractivity contribution < 1.29 is 4.74 Å². The molecule has 2 aromatic carbocycles. The van der Waals surface area contributed by atoms with Crippen LogP contribution in [0.2, 0.25) is 0 Å². The molecular weight excluding hydrogens is 436 g/mol. The molecule has 0 amide bonds. The van der Waals surface area contributed by atoms with Crippen LogP contribution < -0.4 is 5.56 Å². The minimum absolute atomic E-state index is 0.00550. The number of para-hydroxylation sites is 1. The van der Waals surface area contributed by atoms with Crippen molar-refractivity contribution in [3.63, 3.8) is 0 Å². The molecule has 0 saturated carbocycles. The van der Waals surface area contributed by atoms with E-state index in [1.54, 1.807) is 27.7 Å². The molecule has 162 valence electrons. The highest BCUT2D eigenvalue weighted by Crippen LogP contribution is 2.37. The first-order chi connectivity index (χ1) is 15.5. The normalized spacial score (nSPS) is 15.3. The van der Waals surface area contributed by atoms with Crippen LogP contribution in [0.3, 0.4) is 0 Å². The second-order valence-corrected chi connectivity index (χ2v) is 10.5. The Morgan fingerprint density at radius 1 is 1.12 bits per heavy atom. The van der Waals surface area contributed by atoms with Gasteiger partial charge in [0.25, 0.3) is 5.56 Å². The fourth-order valence-electron chi connectivity index (χ4n) is 3.95. The minimum atomic E-state index is -0.277. The maximum atomic E-state index is 13.8. The number of aromatic nitrogens is 2. The zero-order valence-corrected chi connectivity index (χ0v) is 19.7. The van der Waals surface area contributed by atoms with Crippen molar-refractivity contribution in [2.24, 2.45) is 0 Å². The SMILES string of the molecule is CC1(C)Cc2c(sc3nc(SC/C=C/c4ccccc4)n(-c4ccccc4)c(=O)c23)CO1. The molecule has 1 aliphatic rings. The number of nitrogens with zero attached hydrogens (tertiary/aromatic N) is 2. The number of thioether (sulfide) groups is 1. The van der Waals surface area contributed by atoms with Crippen molar-refractivity contribution in [3.05, 3.63) is 93.1 Å². The third-order valence-corrected chi connectivity index (χ3v) is 7.50. The molecule has 0 spiro atoms. The van der Waals surface area contributed by atoms with Gasteiger partial charge < -0.3 is 4.74 Å². The largest absolute Gasteiger partial charge is 0.370 e. The molecule has 6 heteroatoms. The number of hydrogen-bond acceptors (Lipinski definition) is 5. The monoisotopic (exact) mass is 460 g/mol. The molecule has 1 aliphatic heterocycles. The first kappa shape index (κ1) is 21.2. The lowest BCUT2D eigenvalue weighted by atomic mass is 9.94. The summed E-state index contributed by atoms with van der Waals surface area (Å²) in [6, 6.07) is 20.0. The van der Waals surface area contributed by atoms with E-state index in [9.17, 15) is 4.79 Å². The fourth-order valence-corrected chi connectivity index (χ4v) is 5.91. The molecule has 0 atom stereocenters. The molecule has 0 fully saturated rings. The van der Waals surface area contributed by atoms with Gasteiger partial charge in [-0.15, -0.1) is 11.3 Å². The van der Waals surface area contributed by atoms with Gasteiger partial charge in [-0.1, -0.05) is 72.4 Å². The maximum Gasteiger partial charge on any atom is 0.267 e. The van der Waals surface area contributed by atoms with E-state index in [1.165, 1.54) is 0 Å². The Balaban J connectivity index is 1.57.